The Bertz CT molecular complexity index is 3270. The van der Waals surface area contributed by atoms with Crippen LogP contribution in [-0.4, -0.2) is 132 Å². The number of phenolic OH excluding ortho intramolecular Hbond substituents is 1. The van der Waals surface area contributed by atoms with Gasteiger partial charge in [0.05, 0.1) is 12.4 Å². The van der Waals surface area contributed by atoms with E-state index in [0.717, 1.165) is 21.8 Å². The monoisotopic (exact) mass is 1110 g/mol. The molecule has 3 aromatic heterocycles. The Morgan fingerprint density at radius 2 is 0.963 bits per heavy atom. The van der Waals surface area contributed by atoms with Gasteiger partial charge in [-0.25, -0.2) is 9.78 Å². The van der Waals surface area contributed by atoms with Crippen LogP contribution in [0.25, 0.3) is 21.8 Å². The minimum absolute atomic E-state index is 0.0307. The molecule has 0 aliphatic heterocycles. The maximum Gasteiger partial charge on any atom is 0.326 e. The molecule has 0 unspecified atom stereocenters. The highest BCUT2D eigenvalue weighted by Crippen LogP contribution is 2.22. The molecule has 23 nitrogen and oxygen atoms in total. The van der Waals surface area contributed by atoms with Crippen LogP contribution in [0.3, 0.4) is 0 Å². The number of fused-ring (bicyclic) bond motifs is 2. The number of imidazole rings is 1. The van der Waals surface area contributed by atoms with E-state index < -0.39 is 95.7 Å². The third-order valence-electron chi connectivity index (χ3n) is 13.8. The molecule has 4 aromatic carbocycles. The van der Waals surface area contributed by atoms with Crippen molar-refractivity contribution in [2.75, 3.05) is 6.54 Å². The van der Waals surface area contributed by atoms with Crippen molar-refractivity contribution in [2.45, 2.75) is 114 Å². The number of para-hydroxylation sites is 2. The molecule has 23 heteroatoms. The molecule has 0 fully saturated rings. The number of unbranched alkanes of at least 4 members (excludes halogenated alkanes) is 1. The average Bonchev–Trinajstić information content (AvgIpc) is 4.28. The zero-order valence-electron chi connectivity index (χ0n) is 44.9. The minimum Gasteiger partial charge on any atom is -0.508 e. The van der Waals surface area contributed by atoms with E-state index in [0.29, 0.717) is 47.3 Å². The summed E-state index contributed by atoms with van der Waals surface area (Å²) in [7, 11) is 0. The lowest BCUT2D eigenvalue weighted by molar-refractivity contribution is -0.142. The number of aliphatic carboxylic acids is 1. The van der Waals surface area contributed by atoms with Crippen LogP contribution in [0.15, 0.2) is 128 Å². The smallest absolute Gasteiger partial charge is 0.326 e. The van der Waals surface area contributed by atoms with E-state index >= 15 is 0 Å². The number of aromatic hydroxyl groups is 1. The number of carbonyl (C=O) groups is 8. The van der Waals surface area contributed by atoms with Crippen LogP contribution >= 0.6 is 0 Å². The maximum absolute atomic E-state index is 14.6. The summed E-state index contributed by atoms with van der Waals surface area (Å²) >= 11 is 0. The van der Waals surface area contributed by atoms with Crippen molar-refractivity contribution in [3.8, 4) is 5.75 Å². The molecule has 0 saturated carbocycles. The van der Waals surface area contributed by atoms with Gasteiger partial charge in [0, 0.05) is 71.8 Å². The number of aromatic amines is 3. The molecule has 426 valence electrons. The average molecular weight is 1110 g/mol. The van der Waals surface area contributed by atoms with Crippen molar-refractivity contribution < 1.29 is 48.6 Å². The second kappa shape index (κ2) is 28.5. The Morgan fingerprint density at radius 1 is 0.506 bits per heavy atom. The van der Waals surface area contributed by atoms with Gasteiger partial charge in [0.25, 0.3) is 0 Å². The third-order valence-corrected chi connectivity index (χ3v) is 13.8. The summed E-state index contributed by atoms with van der Waals surface area (Å²) in [5, 5.41) is 40.0. The number of H-pyrrole nitrogens is 3. The molecule has 3 heterocycles. The summed E-state index contributed by atoms with van der Waals surface area (Å²) in [4.78, 5) is 125. The molecule has 0 saturated heterocycles. The molecule has 81 heavy (non-hydrogen) atoms. The number of rotatable bonds is 29. The number of carboxylic acid groups (broad SMARTS) is 1. The fraction of sp³-hybridized carbons (Fsp3) is 0.328. The highest BCUT2D eigenvalue weighted by Gasteiger charge is 2.34. The van der Waals surface area contributed by atoms with Crippen molar-refractivity contribution in [1.82, 2.24) is 57.2 Å². The Morgan fingerprint density at radius 3 is 1.48 bits per heavy atom. The van der Waals surface area contributed by atoms with E-state index in [9.17, 15) is 48.6 Å². The van der Waals surface area contributed by atoms with Crippen LogP contribution in [0.2, 0.25) is 0 Å². The van der Waals surface area contributed by atoms with Gasteiger partial charge in [-0.15, -0.1) is 0 Å². The lowest BCUT2D eigenvalue weighted by atomic mass is 10.0. The molecule has 0 aliphatic carbocycles. The molecule has 7 aromatic rings. The number of nitrogens with one attached hydrogen (secondary N) is 10. The van der Waals surface area contributed by atoms with Gasteiger partial charge in [0.15, 0.2) is 0 Å². The number of amides is 7. The number of aromatic nitrogens is 4. The summed E-state index contributed by atoms with van der Waals surface area (Å²) < 4.78 is 0. The summed E-state index contributed by atoms with van der Waals surface area (Å²) in [5.41, 5.74) is 16.4. The maximum atomic E-state index is 14.6. The molecule has 7 amide bonds. The quantitative estimate of drug-likeness (QED) is 0.0297. The Labute approximate surface area is 466 Å². The van der Waals surface area contributed by atoms with Gasteiger partial charge in [-0.3, -0.25) is 33.6 Å². The summed E-state index contributed by atoms with van der Waals surface area (Å²) in [6.45, 7) is 3.15. The molecule has 0 bridgehead atoms. The van der Waals surface area contributed by atoms with Crippen molar-refractivity contribution in [3.05, 3.63) is 156 Å². The van der Waals surface area contributed by atoms with E-state index in [2.05, 4.69) is 57.2 Å². The van der Waals surface area contributed by atoms with Crippen molar-refractivity contribution in [3.63, 3.8) is 0 Å². The lowest BCUT2D eigenvalue weighted by Gasteiger charge is -2.27. The number of phenols is 1. The van der Waals surface area contributed by atoms with Crippen LogP contribution in [0.1, 0.15) is 61.1 Å². The number of carbonyl (C=O) groups excluding carboxylic acids is 7. The fourth-order valence-corrected chi connectivity index (χ4v) is 9.25. The van der Waals surface area contributed by atoms with E-state index in [-0.39, 0.29) is 44.3 Å². The Balaban J connectivity index is 1.10. The minimum atomic E-state index is -1.38. The third kappa shape index (κ3) is 16.8. The number of hydrogen-bond donors (Lipinski definition) is 14. The highest BCUT2D eigenvalue weighted by molar-refractivity contribution is 5.98. The van der Waals surface area contributed by atoms with Gasteiger partial charge in [-0.2, -0.15) is 0 Å². The van der Waals surface area contributed by atoms with E-state index in [4.69, 9.17) is 11.5 Å². The van der Waals surface area contributed by atoms with Gasteiger partial charge in [0.2, 0.25) is 41.4 Å². The van der Waals surface area contributed by atoms with E-state index in [1.807, 2.05) is 48.5 Å². The largest absolute Gasteiger partial charge is 0.508 e. The number of hydrogen-bond acceptors (Lipinski definition) is 12. The zero-order chi connectivity index (χ0) is 58.0. The lowest BCUT2D eigenvalue weighted by Crippen LogP contribution is -2.60. The molecule has 8 atom stereocenters. The van der Waals surface area contributed by atoms with Crippen molar-refractivity contribution >= 4 is 69.1 Å². The first-order valence-electron chi connectivity index (χ1n) is 26.7. The predicted molar refractivity (Wildman–Crippen MR) is 302 cm³/mol. The van der Waals surface area contributed by atoms with Crippen LogP contribution in [0, 0.1) is 0 Å². The number of nitrogens with zero attached hydrogens (tertiary/aromatic N) is 1. The predicted octanol–water partition coefficient (Wildman–Crippen LogP) is 1.57. The van der Waals surface area contributed by atoms with Gasteiger partial charge < -0.3 is 73.8 Å². The van der Waals surface area contributed by atoms with Crippen LogP contribution in [-0.2, 0) is 70.5 Å². The molecule has 0 spiro atoms. The second-order valence-electron chi connectivity index (χ2n) is 20.0. The summed E-state index contributed by atoms with van der Waals surface area (Å²) in [6, 6.07) is 19.4. The fourth-order valence-electron chi connectivity index (χ4n) is 9.25. The first kappa shape index (κ1) is 59.3. The Kier molecular flexibility index (Phi) is 20.9. The molecular weight excluding hydrogens is 1040 g/mol. The van der Waals surface area contributed by atoms with Gasteiger partial charge >= 0.3 is 5.97 Å². The van der Waals surface area contributed by atoms with Crippen LogP contribution < -0.4 is 48.7 Å². The molecule has 16 N–H and O–H groups in total. The molecular formula is C58H69N13O10. The van der Waals surface area contributed by atoms with Crippen LogP contribution in [0.4, 0.5) is 0 Å². The van der Waals surface area contributed by atoms with Gasteiger partial charge in [0.1, 0.15) is 48.0 Å². The van der Waals surface area contributed by atoms with Gasteiger partial charge in [-0.05, 0) is 92.6 Å². The highest BCUT2D eigenvalue weighted by atomic mass is 16.4. The number of nitrogens with two attached hydrogens (primary N) is 2. The second-order valence-corrected chi connectivity index (χ2v) is 20.0. The summed E-state index contributed by atoms with van der Waals surface area (Å²) in [5.74, 6) is -6.55. The molecule has 0 aliphatic rings. The van der Waals surface area contributed by atoms with E-state index in [1.54, 1.807) is 54.9 Å². The van der Waals surface area contributed by atoms with E-state index in [1.165, 1.54) is 38.5 Å². The SMILES string of the molecule is C[C@H](NC(=O)[C@H](Cc1c[nH]c2ccccc12)NC(=O)[C@H](Cc1cnc[nH]1)NC(=O)[C@H](C)NC(=O)[C@@H](N)Cc1ccc(O)cc1)C(=O)N[C@@H](Cc1c[nH]c2ccccc12)C(=O)N[C@@H](Cc1ccccc1)C(=O)N[C@@H](CCCCN)C(=O)O. The normalized spacial score (nSPS) is 14.2. The topological polar surface area (TPSA) is 374 Å². The van der Waals surface area contributed by atoms with Crippen molar-refractivity contribution in [1.29, 1.82) is 0 Å². The Hall–Kier alpha value is -9.35. The van der Waals surface area contributed by atoms with Crippen molar-refractivity contribution in [2.24, 2.45) is 11.5 Å². The standard InChI is InChI=1S/C58H69N13O10/c1-33(65-53(75)43(60)24-36-19-21-40(72)22-20-36)51(73)69-50(28-39-31-61-32-64-39)57(79)71-48(26-37-29-62-44-16-8-6-14-41(37)44)54(76)66-34(2)52(74)68-49(27-38-30-63-45-17-9-7-15-42(38)45)56(78)70-47(25-35-12-4-3-5-13-35)55(77)67-46(58(80)81)18-10-11-23-59/h3-9,12-17,19-22,29-34,43,46-50,62-63,72H,10-11,18,23-28,59-60H2,1-2H3,(H,61,64)(H,65,75)(H,66,76)(H,67,77)(H,68,74)(H,69,73)(H,70,78)(H,71,79)(H,80,81)/t33-,34-,43-,46-,47-,48-,49-,50-/m0/s1. The first-order valence-corrected chi connectivity index (χ1v) is 26.7. The number of benzene rings is 4. The molecule has 7 rings (SSSR count). The summed E-state index contributed by atoms with van der Waals surface area (Å²) in [6.07, 6.45) is 7.08. The molecule has 0 radical (unpaired) electrons. The van der Waals surface area contributed by atoms with Gasteiger partial charge in [-0.1, -0.05) is 78.9 Å². The number of carboxylic acids is 1. The first-order chi connectivity index (χ1) is 39.0. The zero-order valence-corrected chi connectivity index (χ0v) is 44.9. The van der Waals surface area contributed by atoms with Crippen LogP contribution in [0.5, 0.6) is 5.75 Å².